The van der Waals surface area contributed by atoms with Crippen LogP contribution in [0.4, 0.5) is 0 Å². The zero-order chi connectivity index (χ0) is 12.3. The SMILES string of the molecule is Cc1noc(C)c1CC(=O)NC[C@H]1CCOC1. The van der Waals surface area contributed by atoms with E-state index in [2.05, 4.69) is 10.5 Å². The van der Waals surface area contributed by atoms with E-state index in [1.54, 1.807) is 0 Å². The summed E-state index contributed by atoms with van der Waals surface area (Å²) in [6.07, 6.45) is 1.38. The normalized spacial score (nSPS) is 19.5. The molecule has 5 heteroatoms. The molecule has 1 aliphatic heterocycles. The van der Waals surface area contributed by atoms with E-state index in [0.717, 1.165) is 36.7 Å². The largest absolute Gasteiger partial charge is 0.381 e. The molecule has 0 unspecified atom stereocenters. The van der Waals surface area contributed by atoms with Crippen molar-refractivity contribution >= 4 is 5.91 Å². The lowest BCUT2D eigenvalue weighted by Gasteiger charge is -2.09. The van der Waals surface area contributed by atoms with Gasteiger partial charge in [-0.15, -0.1) is 0 Å². The average molecular weight is 238 g/mol. The van der Waals surface area contributed by atoms with E-state index in [1.165, 1.54) is 0 Å². The number of aromatic nitrogens is 1. The van der Waals surface area contributed by atoms with Crippen molar-refractivity contribution in [3.63, 3.8) is 0 Å². The van der Waals surface area contributed by atoms with Gasteiger partial charge in [0.25, 0.3) is 0 Å². The van der Waals surface area contributed by atoms with Crippen molar-refractivity contribution in [1.29, 1.82) is 0 Å². The second-order valence-electron chi connectivity index (χ2n) is 4.51. The van der Waals surface area contributed by atoms with Gasteiger partial charge in [-0.3, -0.25) is 4.79 Å². The molecule has 1 fully saturated rings. The smallest absolute Gasteiger partial charge is 0.224 e. The molecule has 94 valence electrons. The monoisotopic (exact) mass is 238 g/mol. The summed E-state index contributed by atoms with van der Waals surface area (Å²) in [6.45, 7) is 5.94. The number of carbonyl (C=O) groups is 1. The molecule has 1 N–H and O–H groups in total. The standard InChI is InChI=1S/C12H18N2O3/c1-8-11(9(2)17-14-8)5-12(15)13-6-10-3-4-16-7-10/h10H,3-7H2,1-2H3,(H,13,15)/t10-/m1/s1. The maximum atomic E-state index is 11.8. The van der Waals surface area contributed by atoms with Gasteiger partial charge >= 0.3 is 0 Å². The third-order valence-electron chi connectivity index (χ3n) is 3.13. The third-order valence-corrected chi connectivity index (χ3v) is 3.13. The van der Waals surface area contributed by atoms with Gasteiger partial charge in [-0.1, -0.05) is 5.16 Å². The molecule has 0 bridgehead atoms. The van der Waals surface area contributed by atoms with Gasteiger partial charge in [0, 0.05) is 24.6 Å². The maximum absolute atomic E-state index is 11.8. The molecule has 1 aromatic heterocycles. The maximum Gasteiger partial charge on any atom is 0.224 e. The Morgan fingerprint density at radius 1 is 1.53 bits per heavy atom. The number of rotatable bonds is 4. The molecular weight excluding hydrogens is 220 g/mol. The molecule has 17 heavy (non-hydrogen) atoms. The summed E-state index contributed by atoms with van der Waals surface area (Å²) >= 11 is 0. The lowest BCUT2D eigenvalue weighted by molar-refractivity contribution is -0.120. The Kier molecular flexibility index (Phi) is 3.78. The quantitative estimate of drug-likeness (QED) is 0.849. The Bertz CT molecular complexity index is 375. The molecule has 5 nitrogen and oxygen atoms in total. The average Bonchev–Trinajstić information content (AvgIpc) is 2.91. The first kappa shape index (κ1) is 12.1. The molecular formula is C12H18N2O3. The number of hydrogen-bond acceptors (Lipinski definition) is 4. The van der Waals surface area contributed by atoms with E-state index in [1.807, 2.05) is 13.8 Å². The van der Waals surface area contributed by atoms with Gasteiger partial charge in [0.2, 0.25) is 5.91 Å². The van der Waals surface area contributed by atoms with Crippen molar-refractivity contribution in [1.82, 2.24) is 10.5 Å². The first-order chi connectivity index (χ1) is 8.16. The third kappa shape index (κ3) is 3.06. The van der Waals surface area contributed by atoms with Gasteiger partial charge in [-0.25, -0.2) is 0 Å². The zero-order valence-corrected chi connectivity index (χ0v) is 10.3. The van der Waals surface area contributed by atoms with Gasteiger partial charge in [-0.05, 0) is 20.3 Å². The van der Waals surface area contributed by atoms with Crippen molar-refractivity contribution < 1.29 is 14.1 Å². The highest BCUT2D eigenvalue weighted by molar-refractivity contribution is 5.78. The highest BCUT2D eigenvalue weighted by atomic mass is 16.5. The first-order valence-corrected chi connectivity index (χ1v) is 5.93. The van der Waals surface area contributed by atoms with Gasteiger partial charge in [0.1, 0.15) is 5.76 Å². The lowest BCUT2D eigenvalue weighted by atomic mass is 10.1. The minimum atomic E-state index is 0.0197. The highest BCUT2D eigenvalue weighted by Crippen LogP contribution is 2.13. The molecule has 2 heterocycles. The number of hydrogen-bond donors (Lipinski definition) is 1. The van der Waals surface area contributed by atoms with Crippen LogP contribution in [-0.2, 0) is 16.0 Å². The van der Waals surface area contributed by atoms with Gasteiger partial charge in [0.05, 0.1) is 18.7 Å². The molecule has 1 amide bonds. The Morgan fingerprint density at radius 3 is 2.94 bits per heavy atom. The van der Waals surface area contributed by atoms with E-state index in [9.17, 15) is 4.79 Å². The molecule has 0 radical (unpaired) electrons. The van der Waals surface area contributed by atoms with Gasteiger partial charge in [0.15, 0.2) is 0 Å². The summed E-state index contributed by atoms with van der Waals surface area (Å²) in [4.78, 5) is 11.8. The Balaban J connectivity index is 1.80. The van der Waals surface area contributed by atoms with Crippen molar-refractivity contribution in [2.75, 3.05) is 19.8 Å². The molecule has 1 saturated heterocycles. The van der Waals surface area contributed by atoms with E-state index in [-0.39, 0.29) is 5.91 Å². The van der Waals surface area contributed by atoms with Crippen LogP contribution in [0.2, 0.25) is 0 Å². The van der Waals surface area contributed by atoms with Gasteiger partial charge in [-0.2, -0.15) is 0 Å². The minimum Gasteiger partial charge on any atom is -0.381 e. The van der Waals surface area contributed by atoms with Crippen LogP contribution in [0.3, 0.4) is 0 Å². The van der Waals surface area contributed by atoms with Crippen LogP contribution in [0.1, 0.15) is 23.4 Å². The Hall–Kier alpha value is -1.36. The van der Waals surface area contributed by atoms with Crippen LogP contribution in [0.5, 0.6) is 0 Å². The topological polar surface area (TPSA) is 64.4 Å². The Morgan fingerprint density at radius 2 is 2.35 bits per heavy atom. The molecule has 2 rings (SSSR count). The van der Waals surface area contributed by atoms with Gasteiger partial charge < -0.3 is 14.6 Å². The minimum absolute atomic E-state index is 0.0197. The fraction of sp³-hybridized carbons (Fsp3) is 0.667. The number of aryl methyl sites for hydroxylation is 2. The number of nitrogens with zero attached hydrogens (tertiary/aromatic N) is 1. The predicted octanol–water partition coefficient (Wildman–Crippen LogP) is 0.987. The van der Waals surface area contributed by atoms with Crippen LogP contribution < -0.4 is 5.32 Å². The lowest BCUT2D eigenvalue weighted by Crippen LogP contribution is -2.30. The summed E-state index contributed by atoms with van der Waals surface area (Å²) in [5, 5.41) is 6.76. The van der Waals surface area contributed by atoms with Crippen molar-refractivity contribution in [3.05, 3.63) is 17.0 Å². The summed E-state index contributed by atoms with van der Waals surface area (Å²) in [5.41, 5.74) is 1.69. The fourth-order valence-corrected chi connectivity index (χ4v) is 1.98. The van der Waals surface area contributed by atoms with Crippen molar-refractivity contribution in [3.8, 4) is 0 Å². The molecule has 1 atom stereocenters. The number of ether oxygens (including phenoxy) is 1. The van der Waals surface area contributed by atoms with E-state index in [4.69, 9.17) is 9.26 Å². The van der Waals surface area contributed by atoms with Crippen LogP contribution in [-0.4, -0.2) is 30.8 Å². The van der Waals surface area contributed by atoms with Crippen LogP contribution in [0, 0.1) is 19.8 Å². The number of carbonyl (C=O) groups excluding carboxylic acids is 1. The van der Waals surface area contributed by atoms with Crippen molar-refractivity contribution in [2.24, 2.45) is 5.92 Å². The second kappa shape index (κ2) is 5.31. The predicted molar refractivity (Wildman–Crippen MR) is 61.6 cm³/mol. The molecule has 1 aromatic rings. The first-order valence-electron chi connectivity index (χ1n) is 5.93. The summed E-state index contributed by atoms with van der Waals surface area (Å²) < 4.78 is 10.3. The molecule has 1 aliphatic rings. The fourth-order valence-electron chi connectivity index (χ4n) is 1.98. The van der Waals surface area contributed by atoms with Crippen LogP contribution in [0.25, 0.3) is 0 Å². The van der Waals surface area contributed by atoms with Crippen LogP contribution >= 0.6 is 0 Å². The summed E-state index contributed by atoms with van der Waals surface area (Å²) in [6, 6.07) is 0. The van der Waals surface area contributed by atoms with E-state index in [0.29, 0.717) is 18.9 Å². The molecule has 0 saturated carbocycles. The Labute approximate surface area is 101 Å². The van der Waals surface area contributed by atoms with E-state index >= 15 is 0 Å². The number of nitrogens with one attached hydrogen (secondary N) is 1. The second-order valence-corrected chi connectivity index (χ2v) is 4.51. The molecule has 0 aliphatic carbocycles. The van der Waals surface area contributed by atoms with Crippen molar-refractivity contribution in [2.45, 2.75) is 26.7 Å². The summed E-state index contributed by atoms with van der Waals surface area (Å²) in [7, 11) is 0. The molecule has 0 spiro atoms. The highest BCUT2D eigenvalue weighted by Gasteiger charge is 2.18. The zero-order valence-electron chi connectivity index (χ0n) is 10.3. The van der Waals surface area contributed by atoms with Crippen LogP contribution in [0.15, 0.2) is 4.52 Å². The summed E-state index contributed by atoms with van der Waals surface area (Å²) in [5.74, 6) is 1.21. The van der Waals surface area contributed by atoms with E-state index < -0.39 is 0 Å². The molecule has 0 aromatic carbocycles. The number of amides is 1.